The average Bonchev–Trinajstić information content (AvgIpc) is 2.58. The SMILES string of the molecule is CNC(=O)[C@]1(C(F)(F)F)CC(CCCO)CCCO1. The van der Waals surface area contributed by atoms with Crippen LogP contribution in [-0.4, -0.2) is 43.1 Å². The maximum atomic E-state index is 13.3. The van der Waals surface area contributed by atoms with E-state index < -0.39 is 17.7 Å². The third-order valence-electron chi connectivity index (χ3n) is 3.50. The molecule has 1 aliphatic rings. The number of carbonyl (C=O) groups is 1. The number of aliphatic hydroxyl groups is 1. The van der Waals surface area contributed by atoms with Crippen LogP contribution in [0.1, 0.15) is 32.1 Å². The smallest absolute Gasteiger partial charge is 0.396 e. The molecule has 112 valence electrons. The molecule has 0 aromatic carbocycles. The van der Waals surface area contributed by atoms with E-state index in [2.05, 4.69) is 5.32 Å². The van der Waals surface area contributed by atoms with Gasteiger partial charge in [0.2, 0.25) is 5.60 Å². The predicted octanol–water partition coefficient (Wildman–Crippen LogP) is 1.62. The number of alkyl halides is 3. The summed E-state index contributed by atoms with van der Waals surface area (Å²) >= 11 is 0. The molecule has 0 saturated carbocycles. The molecule has 0 bridgehead atoms. The summed E-state index contributed by atoms with van der Waals surface area (Å²) in [6.45, 7) is -0.140. The Morgan fingerprint density at radius 1 is 1.53 bits per heavy atom. The monoisotopic (exact) mass is 283 g/mol. The van der Waals surface area contributed by atoms with E-state index in [4.69, 9.17) is 9.84 Å². The number of nitrogens with one attached hydrogen (secondary N) is 1. The van der Waals surface area contributed by atoms with Crippen LogP contribution in [-0.2, 0) is 9.53 Å². The molecule has 1 fully saturated rings. The number of ether oxygens (including phenoxy) is 1. The minimum Gasteiger partial charge on any atom is -0.396 e. The van der Waals surface area contributed by atoms with Gasteiger partial charge in [-0.3, -0.25) is 4.79 Å². The van der Waals surface area contributed by atoms with Crippen LogP contribution >= 0.6 is 0 Å². The van der Waals surface area contributed by atoms with Crippen molar-refractivity contribution in [2.45, 2.75) is 43.9 Å². The van der Waals surface area contributed by atoms with E-state index in [0.717, 1.165) is 0 Å². The van der Waals surface area contributed by atoms with Gasteiger partial charge in [0, 0.05) is 20.3 Å². The van der Waals surface area contributed by atoms with E-state index in [1.807, 2.05) is 0 Å². The molecule has 1 unspecified atom stereocenters. The zero-order valence-electron chi connectivity index (χ0n) is 10.9. The molecular formula is C12H20F3NO3. The minimum absolute atomic E-state index is 0.0592. The number of carbonyl (C=O) groups excluding carboxylic acids is 1. The Hall–Kier alpha value is -0.820. The fourth-order valence-electron chi connectivity index (χ4n) is 2.50. The summed E-state index contributed by atoms with van der Waals surface area (Å²) in [5.41, 5.74) is -2.75. The first-order valence-electron chi connectivity index (χ1n) is 6.41. The Balaban J connectivity index is 2.96. The van der Waals surface area contributed by atoms with E-state index in [1.54, 1.807) is 0 Å². The molecule has 4 nitrogen and oxygen atoms in total. The van der Waals surface area contributed by atoms with Crippen molar-refractivity contribution in [1.82, 2.24) is 5.32 Å². The van der Waals surface area contributed by atoms with Gasteiger partial charge < -0.3 is 15.2 Å². The van der Waals surface area contributed by atoms with Gasteiger partial charge in [0.15, 0.2) is 0 Å². The maximum Gasteiger partial charge on any atom is 0.426 e. The first-order valence-corrected chi connectivity index (χ1v) is 6.41. The molecule has 19 heavy (non-hydrogen) atoms. The van der Waals surface area contributed by atoms with Crippen molar-refractivity contribution in [3.05, 3.63) is 0 Å². The molecule has 0 radical (unpaired) electrons. The van der Waals surface area contributed by atoms with Crippen LogP contribution in [0, 0.1) is 5.92 Å². The molecule has 7 heteroatoms. The van der Waals surface area contributed by atoms with Gasteiger partial charge in [-0.15, -0.1) is 0 Å². The normalized spacial score (nSPS) is 28.8. The summed E-state index contributed by atoms with van der Waals surface area (Å²) in [5, 5.41) is 10.8. The first-order chi connectivity index (χ1) is 8.87. The highest BCUT2D eigenvalue weighted by atomic mass is 19.4. The second-order valence-electron chi connectivity index (χ2n) is 4.83. The van der Waals surface area contributed by atoms with Crippen molar-refractivity contribution in [3.8, 4) is 0 Å². The van der Waals surface area contributed by atoms with Gasteiger partial charge in [-0.25, -0.2) is 0 Å². The highest BCUT2D eigenvalue weighted by Gasteiger charge is 2.62. The zero-order valence-corrected chi connectivity index (χ0v) is 10.9. The van der Waals surface area contributed by atoms with Gasteiger partial charge in [-0.05, 0) is 38.0 Å². The lowest BCUT2D eigenvalue weighted by Crippen LogP contribution is -2.58. The minimum atomic E-state index is -4.74. The topological polar surface area (TPSA) is 58.6 Å². The Bertz CT molecular complexity index is 309. The molecule has 1 saturated heterocycles. The largest absolute Gasteiger partial charge is 0.426 e. The Morgan fingerprint density at radius 3 is 2.74 bits per heavy atom. The second kappa shape index (κ2) is 6.56. The van der Waals surface area contributed by atoms with Crippen LogP contribution in [0.15, 0.2) is 0 Å². The molecule has 1 heterocycles. The van der Waals surface area contributed by atoms with Gasteiger partial charge in [-0.2, -0.15) is 13.2 Å². The summed E-state index contributed by atoms with van der Waals surface area (Å²) in [4.78, 5) is 11.7. The van der Waals surface area contributed by atoms with Crippen molar-refractivity contribution in [3.63, 3.8) is 0 Å². The van der Waals surface area contributed by atoms with Crippen molar-refractivity contribution in [2.75, 3.05) is 20.3 Å². The standard InChI is InChI=1S/C12H20F3NO3/c1-16-10(18)11(12(13,14)15)8-9(4-2-6-17)5-3-7-19-11/h9,17H,2-8H2,1H3,(H,16,18)/t9?,11-/m0/s1. The molecule has 2 atom stereocenters. The first kappa shape index (κ1) is 16.2. The van der Waals surface area contributed by atoms with E-state index in [-0.39, 0.29) is 25.6 Å². The van der Waals surface area contributed by atoms with E-state index in [1.165, 1.54) is 7.05 Å². The van der Waals surface area contributed by atoms with E-state index >= 15 is 0 Å². The molecule has 1 aliphatic heterocycles. The van der Waals surface area contributed by atoms with Gasteiger partial charge in [0.1, 0.15) is 0 Å². The van der Waals surface area contributed by atoms with Crippen molar-refractivity contribution in [1.29, 1.82) is 0 Å². The Labute approximate surface area is 110 Å². The van der Waals surface area contributed by atoms with Gasteiger partial charge >= 0.3 is 6.18 Å². The van der Waals surface area contributed by atoms with Gasteiger partial charge in [0.05, 0.1) is 0 Å². The quantitative estimate of drug-likeness (QED) is 0.824. The third kappa shape index (κ3) is 3.60. The van der Waals surface area contributed by atoms with E-state index in [0.29, 0.717) is 25.7 Å². The van der Waals surface area contributed by atoms with Crippen molar-refractivity contribution >= 4 is 5.91 Å². The number of halogens is 3. The molecular weight excluding hydrogens is 263 g/mol. The second-order valence-corrected chi connectivity index (χ2v) is 4.83. The van der Waals surface area contributed by atoms with Gasteiger partial charge in [0.25, 0.3) is 5.91 Å². The van der Waals surface area contributed by atoms with Crippen molar-refractivity contribution < 1.29 is 27.8 Å². The summed E-state index contributed by atoms with van der Waals surface area (Å²) in [6, 6.07) is 0. The number of rotatable bonds is 4. The fourth-order valence-corrected chi connectivity index (χ4v) is 2.50. The van der Waals surface area contributed by atoms with Crippen LogP contribution in [0.25, 0.3) is 0 Å². The highest BCUT2D eigenvalue weighted by Crippen LogP contribution is 2.42. The zero-order chi connectivity index (χ0) is 14.5. The predicted molar refractivity (Wildman–Crippen MR) is 62.5 cm³/mol. The van der Waals surface area contributed by atoms with Crippen molar-refractivity contribution in [2.24, 2.45) is 5.92 Å². The lowest BCUT2D eigenvalue weighted by Gasteiger charge is -2.34. The molecule has 0 aromatic heterocycles. The Kier molecular flexibility index (Phi) is 5.61. The lowest BCUT2D eigenvalue weighted by molar-refractivity contribution is -0.269. The number of likely N-dealkylation sites (N-methyl/N-ethyl adjacent to an activating group) is 1. The summed E-state index contributed by atoms with van der Waals surface area (Å²) in [6.07, 6.45) is -3.15. The van der Waals surface area contributed by atoms with Crippen LogP contribution in [0.4, 0.5) is 13.2 Å². The molecule has 1 rings (SSSR count). The number of aliphatic hydroxyl groups excluding tert-OH is 1. The molecule has 0 aromatic rings. The van der Waals surface area contributed by atoms with Gasteiger partial charge in [-0.1, -0.05) is 0 Å². The summed E-state index contributed by atoms with van der Waals surface area (Å²) < 4.78 is 44.7. The fraction of sp³-hybridized carbons (Fsp3) is 0.917. The average molecular weight is 283 g/mol. The third-order valence-corrected chi connectivity index (χ3v) is 3.50. The van der Waals surface area contributed by atoms with Crippen LogP contribution in [0.2, 0.25) is 0 Å². The van der Waals surface area contributed by atoms with Crippen LogP contribution in [0.3, 0.4) is 0 Å². The lowest BCUT2D eigenvalue weighted by atomic mass is 9.85. The number of amides is 1. The maximum absolute atomic E-state index is 13.3. The summed E-state index contributed by atoms with van der Waals surface area (Å²) in [7, 11) is 1.17. The van der Waals surface area contributed by atoms with Crippen LogP contribution in [0.5, 0.6) is 0 Å². The molecule has 2 N–H and O–H groups in total. The highest BCUT2D eigenvalue weighted by molar-refractivity contribution is 5.86. The molecule has 0 aliphatic carbocycles. The Morgan fingerprint density at radius 2 is 2.21 bits per heavy atom. The number of hydrogen-bond acceptors (Lipinski definition) is 3. The summed E-state index contributed by atoms with van der Waals surface area (Å²) in [5.74, 6) is -1.41. The molecule has 0 spiro atoms. The van der Waals surface area contributed by atoms with E-state index in [9.17, 15) is 18.0 Å². The molecule has 1 amide bonds. The van der Waals surface area contributed by atoms with Crippen LogP contribution < -0.4 is 5.32 Å². The number of hydrogen-bond donors (Lipinski definition) is 2.